The van der Waals surface area contributed by atoms with E-state index < -0.39 is 86.8 Å². The molecule has 0 radical (unpaired) electrons. The van der Waals surface area contributed by atoms with Crippen LogP contribution >= 0.6 is 0 Å². The zero-order valence-electron chi connectivity index (χ0n) is 54.6. The Balaban J connectivity index is 1.58. The third-order valence-electron chi connectivity index (χ3n) is 17.2. The quantitative estimate of drug-likeness (QED) is 0.0204. The predicted molar refractivity (Wildman–Crippen MR) is 350 cm³/mol. The number of aliphatic hydroxyl groups excluding tert-OH is 8. The highest BCUT2D eigenvalue weighted by Gasteiger charge is 2.51. The van der Waals surface area contributed by atoms with E-state index in [0.29, 0.717) is 12.8 Å². The molecule has 0 bridgehead atoms. The molecule has 1 amide bonds. The Morgan fingerprint density at radius 3 is 1.23 bits per heavy atom. The highest BCUT2D eigenvalue weighted by molar-refractivity contribution is 5.76. The van der Waals surface area contributed by atoms with Gasteiger partial charge in [-0.25, -0.2) is 0 Å². The first-order valence-electron chi connectivity index (χ1n) is 35.5. The second-order valence-corrected chi connectivity index (χ2v) is 25.0. The fourth-order valence-electron chi connectivity index (χ4n) is 11.6. The summed E-state index contributed by atoms with van der Waals surface area (Å²) in [6.45, 7) is 2.77. The van der Waals surface area contributed by atoms with E-state index in [9.17, 15) is 45.6 Å². The van der Waals surface area contributed by atoms with Crippen LogP contribution in [0.25, 0.3) is 0 Å². The minimum Gasteiger partial charge on any atom is -0.394 e. The van der Waals surface area contributed by atoms with Crippen molar-refractivity contribution in [3.05, 3.63) is 60.8 Å². The molecule has 14 nitrogen and oxygen atoms in total. The molecule has 12 unspecified atom stereocenters. The number of hydrogen-bond acceptors (Lipinski definition) is 13. The monoisotopic (exact) mass is 1220 g/mol. The summed E-state index contributed by atoms with van der Waals surface area (Å²) in [5.74, 6) is -0.203. The summed E-state index contributed by atoms with van der Waals surface area (Å²) in [6.07, 6.45) is 58.2. The molecule has 502 valence electrons. The first kappa shape index (κ1) is 79.8. The second-order valence-electron chi connectivity index (χ2n) is 25.0. The van der Waals surface area contributed by atoms with Gasteiger partial charge in [0.25, 0.3) is 0 Å². The average Bonchev–Trinajstić information content (AvgIpc) is 1.83. The molecule has 0 aliphatic carbocycles. The molecule has 2 heterocycles. The summed E-state index contributed by atoms with van der Waals surface area (Å²) in [5.41, 5.74) is 0. The van der Waals surface area contributed by atoms with E-state index in [-0.39, 0.29) is 12.5 Å². The maximum absolute atomic E-state index is 13.3. The Kier molecular flexibility index (Phi) is 52.6. The zero-order chi connectivity index (χ0) is 62.3. The van der Waals surface area contributed by atoms with Gasteiger partial charge in [0.05, 0.1) is 32.0 Å². The number of ether oxygens (including phenoxy) is 4. The normalized spacial score (nSPS) is 23.7. The lowest BCUT2D eigenvalue weighted by Gasteiger charge is -2.46. The van der Waals surface area contributed by atoms with Gasteiger partial charge in [0.2, 0.25) is 5.91 Å². The molecule has 0 aromatic carbocycles. The standard InChI is InChI=1S/C72H131NO13/c1-3-5-7-9-11-13-15-17-19-20-21-22-23-24-25-26-27-28-29-30-31-32-33-34-35-36-37-38-39-40-42-44-46-48-50-52-54-56-64(77)73-60(61(76)55-53-51-49-47-45-43-41-18-16-14-12-10-8-6-4-2)59-83-71-69(82)67(80)70(63(58-75)85-71)86-72-68(81)66(79)65(78)62(57-74)84-72/h5,7,11,13,17,19,21-22,24-25,60-63,65-72,74-76,78-82H,3-4,6,8-10,12,14-16,18,20,23,26-59H2,1-2H3,(H,73,77)/b7-5-,13-11-,19-17-,22-21-,25-24-. The summed E-state index contributed by atoms with van der Waals surface area (Å²) < 4.78 is 22.9. The molecule has 2 aliphatic heterocycles. The molecule has 14 heteroatoms. The molecule has 9 N–H and O–H groups in total. The van der Waals surface area contributed by atoms with Gasteiger partial charge < -0.3 is 65.1 Å². The van der Waals surface area contributed by atoms with Crippen molar-refractivity contribution in [1.29, 1.82) is 0 Å². The van der Waals surface area contributed by atoms with Crippen molar-refractivity contribution in [2.24, 2.45) is 0 Å². The van der Waals surface area contributed by atoms with E-state index in [2.05, 4.69) is 79.9 Å². The van der Waals surface area contributed by atoms with E-state index in [0.717, 1.165) is 83.5 Å². The highest BCUT2D eigenvalue weighted by Crippen LogP contribution is 2.30. The fraction of sp³-hybridized carbons (Fsp3) is 0.847. The summed E-state index contributed by atoms with van der Waals surface area (Å²) in [5, 5.41) is 87.5. The minimum absolute atomic E-state index is 0.203. The summed E-state index contributed by atoms with van der Waals surface area (Å²) in [6, 6.07) is -0.828. The Bertz CT molecular complexity index is 1670. The first-order chi connectivity index (χ1) is 42.1. The molecule has 0 spiro atoms. The molecule has 12 atom stereocenters. The number of unbranched alkanes of at least 4 members (excludes halogenated alkanes) is 35. The van der Waals surface area contributed by atoms with E-state index in [1.165, 1.54) is 186 Å². The van der Waals surface area contributed by atoms with Crippen LogP contribution in [-0.4, -0.2) is 140 Å². The Hall–Kier alpha value is -2.31. The van der Waals surface area contributed by atoms with E-state index in [1.807, 2.05) is 0 Å². The molecule has 2 rings (SSSR count). The van der Waals surface area contributed by atoms with Crippen LogP contribution in [0.1, 0.15) is 296 Å². The summed E-state index contributed by atoms with van der Waals surface area (Å²) >= 11 is 0. The largest absolute Gasteiger partial charge is 0.394 e. The topological polar surface area (TPSA) is 228 Å². The Morgan fingerprint density at radius 2 is 0.802 bits per heavy atom. The van der Waals surface area contributed by atoms with Crippen LogP contribution in [0.4, 0.5) is 0 Å². The molecule has 0 aromatic rings. The molecular formula is C72H131NO13. The van der Waals surface area contributed by atoms with Crippen molar-refractivity contribution >= 4 is 5.91 Å². The molecule has 2 fully saturated rings. The van der Waals surface area contributed by atoms with Crippen LogP contribution in [0, 0.1) is 0 Å². The van der Waals surface area contributed by atoms with Gasteiger partial charge in [0.1, 0.15) is 48.8 Å². The van der Waals surface area contributed by atoms with Gasteiger partial charge in [-0.3, -0.25) is 4.79 Å². The number of amides is 1. The number of allylic oxidation sites excluding steroid dienone is 10. The highest BCUT2D eigenvalue weighted by atomic mass is 16.7. The van der Waals surface area contributed by atoms with Crippen LogP contribution in [-0.2, 0) is 23.7 Å². The predicted octanol–water partition coefficient (Wildman–Crippen LogP) is 14.5. The van der Waals surface area contributed by atoms with Gasteiger partial charge in [-0.15, -0.1) is 0 Å². The summed E-state index contributed by atoms with van der Waals surface area (Å²) in [7, 11) is 0. The van der Waals surface area contributed by atoms with Crippen LogP contribution in [0.5, 0.6) is 0 Å². The van der Waals surface area contributed by atoms with E-state index >= 15 is 0 Å². The van der Waals surface area contributed by atoms with Crippen molar-refractivity contribution < 1.29 is 64.6 Å². The van der Waals surface area contributed by atoms with Crippen molar-refractivity contribution in [3.63, 3.8) is 0 Å². The minimum atomic E-state index is -1.78. The number of carbonyl (C=O) groups excluding carboxylic acids is 1. The number of carbonyl (C=O) groups is 1. The Labute approximate surface area is 524 Å². The lowest BCUT2D eigenvalue weighted by atomic mass is 9.97. The lowest BCUT2D eigenvalue weighted by molar-refractivity contribution is -0.359. The lowest BCUT2D eigenvalue weighted by Crippen LogP contribution is -2.65. The number of aliphatic hydroxyl groups is 8. The van der Waals surface area contributed by atoms with E-state index in [1.54, 1.807) is 0 Å². The maximum Gasteiger partial charge on any atom is 0.220 e. The maximum atomic E-state index is 13.3. The zero-order valence-corrected chi connectivity index (χ0v) is 54.6. The molecule has 0 aromatic heterocycles. The molecule has 86 heavy (non-hydrogen) atoms. The van der Waals surface area contributed by atoms with Gasteiger partial charge in [-0.1, -0.05) is 293 Å². The van der Waals surface area contributed by atoms with Gasteiger partial charge in [0.15, 0.2) is 12.6 Å². The average molecular weight is 1220 g/mol. The van der Waals surface area contributed by atoms with Crippen LogP contribution in [0.2, 0.25) is 0 Å². The van der Waals surface area contributed by atoms with Gasteiger partial charge in [-0.2, -0.15) is 0 Å². The van der Waals surface area contributed by atoms with Crippen LogP contribution < -0.4 is 5.32 Å². The number of nitrogens with one attached hydrogen (secondary N) is 1. The smallest absolute Gasteiger partial charge is 0.220 e. The van der Waals surface area contributed by atoms with Crippen molar-refractivity contribution in [1.82, 2.24) is 5.32 Å². The first-order valence-corrected chi connectivity index (χ1v) is 35.5. The third kappa shape index (κ3) is 40.4. The van der Waals surface area contributed by atoms with Crippen molar-refractivity contribution in [2.45, 2.75) is 370 Å². The van der Waals surface area contributed by atoms with Crippen LogP contribution in [0.15, 0.2) is 60.8 Å². The second kappa shape index (κ2) is 56.7. The van der Waals surface area contributed by atoms with Crippen LogP contribution in [0.3, 0.4) is 0 Å². The molecule has 2 aliphatic rings. The summed E-state index contributed by atoms with van der Waals surface area (Å²) in [4.78, 5) is 13.3. The third-order valence-corrected chi connectivity index (χ3v) is 17.2. The van der Waals surface area contributed by atoms with Crippen molar-refractivity contribution in [2.75, 3.05) is 19.8 Å². The van der Waals surface area contributed by atoms with Gasteiger partial charge >= 0.3 is 0 Å². The number of rotatable bonds is 58. The molecular weight excluding hydrogens is 1090 g/mol. The van der Waals surface area contributed by atoms with Crippen molar-refractivity contribution in [3.8, 4) is 0 Å². The van der Waals surface area contributed by atoms with Gasteiger partial charge in [0, 0.05) is 6.42 Å². The molecule has 0 saturated carbocycles. The SMILES string of the molecule is CC/C=C\C/C=C\C/C=C\C/C=C\C/C=C\CCCCCCCCCCCCCCCCCCCCCCCC(=O)NC(COC1OC(CO)C(OC2OC(CO)C(O)C(O)C2O)C(O)C1O)C(O)CCCCCCCCCCCCCCCCC. The Morgan fingerprint density at radius 1 is 0.430 bits per heavy atom. The fourth-order valence-corrected chi connectivity index (χ4v) is 11.6. The molecule has 2 saturated heterocycles. The number of hydrogen-bond donors (Lipinski definition) is 9. The van der Waals surface area contributed by atoms with E-state index in [4.69, 9.17) is 18.9 Å². The van der Waals surface area contributed by atoms with Gasteiger partial charge in [-0.05, 0) is 57.8 Å².